The summed E-state index contributed by atoms with van der Waals surface area (Å²) in [7, 11) is 0. The third kappa shape index (κ3) is 3.59. The average molecular weight is 225 g/mol. The predicted octanol–water partition coefficient (Wildman–Crippen LogP) is 2.20. The van der Waals surface area contributed by atoms with Crippen LogP contribution in [0.25, 0.3) is 0 Å². The van der Waals surface area contributed by atoms with Gasteiger partial charge in [-0.2, -0.15) is 5.10 Å². The molecule has 0 saturated carbocycles. The van der Waals surface area contributed by atoms with Gasteiger partial charge in [-0.25, -0.2) is 9.67 Å². The second-order valence-corrected chi connectivity index (χ2v) is 4.82. The first-order valence-corrected chi connectivity index (χ1v) is 6.11. The van der Waals surface area contributed by atoms with Crippen LogP contribution >= 0.6 is 0 Å². The lowest BCUT2D eigenvalue weighted by molar-refractivity contribution is 0.140. The summed E-state index contributed by atoms with van der Waals surface area (Å²) in [5.74, 6) is 1.44. The van der Waals surface area contributed by atoms with Crippen LogP contribution in [0.4, 0.5) is 0 Å². The van der Waals surface area contributed by atoms with Gasteiger partial charge >= 0.3 is 0 Å². The molecule has 0 bridgehead atoms. The maximum Gasteiger partial charge on any atom is 0.138 e. The molecule has 0 saturated heterocycles. The third-order valence-corrected chi connectivity index (χ3v) is 2.93. The van der Waals surface area contributed by atoms with Crippen LogP contribution in [-0.4, -0.2) is 26.0 Å². The Morgan fingerprint density at radius 2 is 2.06 bits per heavy atom. The van der Waals surface area contributed by atoms with Crippen molar-refractivity contribution in [3.05, 3.63) is 12.2 Å². The van der Waals surface area contributed by atoms with E-state index in [4.69, 9.17) is 0 Å². The summed E-state index contributed by atoms with van der Waals surface area (Å²) >= 11 is 0. The van der Waals surface area contributed by atoms with E-state index in [0.29, 0.717) is 18.4 Å². The van der Waals surface area contributed by atoms with Crippen LogP contribution in [0.5, 0.6) is 0 Å². The molecule has 0 aliphatic carbocycles. The molecule has 1 heterocycles. The molecule has 1 rings (SSSR count). The number of aromatic nitrogens is 3. The molecular weight excluding hydrogens is 202 g/mol. The fraction of sp³-hybridized carbons (Fsp3) is 0.833. The van der Waals surface area contributed by atoms with Gasteiger partial charge in [-0.1, -0.05) is 20.3 Å². The molecule has 4 nitrogen and oxygen atoms in total. The molecule has 2 atom stereocenters. The van der Waals surface area contributed by atoms with E-state index in [0.717, 1.165) is 18.7 Å². The first-order chi connectivity index (χ1) is 7.54. The molecular formula is C12H23N3O. The molecule has 0 amide bonds. The summed E-state index contributed by atoms with van der Waals surface area (Å²) in [6.07, 6.45) is 3.79. The fourth-order valence-electron chi connectivity index (χ4n) is 1.78. The van der Waals surface area contributed by atoms with Crippen molar-refractivity contribution in [3.8, 4) is 0 Å². The summed E-state index contributed by atoms with van der Waals surface area (Å²) in [5, 5.41) is 14.1. The largest absolute Gasteiger partial charge is 0.393 e. The Kier molecular flexibility index (Phi) is 4.93. The lowest BCUT2D eigenvalue weighted by Gasteiger charge is -2.16. The molecule has 0 fully saturated rings. The number of aliphatic hydroxyl groups is 1. The Bertz CT molecular complexity index is 309. The second-order valence-electron chi connectivity index (χ2n) is 4.82. The second kappa shape index (κ2) is 5.99. The zero-order chi connectivity index (χ0) is 12.1. The van der Waals surface area contributed by atoms with Gasteiger partial charge in [0.05, 0.1) is 6.10 Å². The van der Waals surface area contributed by atoms with Gasteiger partial charge in [0.25, 0.3) is 0 Å². The Morgan fingerprint density at radius 1 is 1.38 bits per heavy atom. The Balaban J connectivity index is 2.55. The van der Waals surface area contributed by atoms with Gasteiger partial charge < -0.3 is 5.11 Å². The van der Waals surface area contributed by atoms with Gasteiger partial charge in [0.1, 0.15) is 12.2 Å². The van der Waals surface area contributed by atoms with Crippen molar-refractivity contribution in [1.29, 1.82) is 0 Å². The van der Waals surface area contributed by atoms with Crippen molar-refractivity contribution in [3.63, 3.8) is 0 Å². The van der Waals surface area contributed by atoms with Gasteiger partial charge in [-0.15, -0.1) is 0 Å². The van der Waals surface area contributed by atoms with E-state index in [1.165, 1.54) is 0 Å². The van der Waals surface area contributed by atoms with E-state index in [1.54, 1.807) is 6.33 Å². The molecule has 4 heteroatoms. The predicted molar refractivity (Wildman–Crippen MR) is 64.2 cm³/mol. The van der Waals surface area contributed by atoms with Gasteiger partial charge in [0, 0.05) is 12.5 Å². The lowest BCUT2D eigenvalue weighted by Crippen LogP contribution is -2.18. The molecule has 0 radical (unpaired) electrons. The normalized spacial score (nSPS) is 15.4. The zero-order valence-corrected chi connectivity index (χ0v) is 10.7. The van der Waals surface area contributed by atoms with Gasteiger partial charge in [0.15, 0.2) is 0 Å². The minimum atomic E-state index is -0.309. The minimum Gasteiger partial charge on any atom is -0.393 e. The molecule has 16 heavy (non-hydrogen) atoms. The van der Waals surface area contributed by atoms with E-state index >= 15 is 0 Å². The highest BCUT2D eigenvalue weighted by atomic mass is 16.3. The number of hydrogen-bond acceptors (Lipinski definition) is 3. The highest BCUT2D eigenvalue weighted by Crippen LogP contribution is 2.14. The fourth-order valence-corrected chi connectivity index (χ4v) is 1.78. The molecule has 0 aliphatic rings. The first-order valence-electron chi connectivity index (χ1n) is 6.11. The van der Waals surface area contributed by atoms with Crippen molar-refractivity contribution < 1.29 is 5.11 Å². The summed E-state index contributed by atoms with van der Waals surface area (Å²) in [6, 6.07) is 0.299. The highest BCUT2D eigenvalue weighted by Gasteiger charge is 2.14. The Morgan fingerprint density at radius 3 is 2.62 bits per heavy atom. The molecule has 0 spiro atoms. The molecule has 0 aliphatic heterocycles. The number of rotatable bonds is 6. The van der Waals surface area contributed by atoms with E-state index in [-0.39, 0.29) is 6.10 Å². The third-order valence-electron chi connectivity index (χ3n) is 2.93. The summed E-state index contributed by atoms with van der Waals surface area (Å²) in [4.78, 5) is 4.20. The van der Waals surface area contributed by atoms with Gasteiger partial charge in [-0.05, 0) is 26.2 Å². The van der Waals surface area contributed by atoms with Crippen molar-refractivity contribution in [2.24, 2.45) is 5.92 Å². The Hall–Kier alpha value is -0.900. The highest BCUT2D eigenvalue weighted by molar-refractivity contribution is 4.89. The van der Waals surface area contributed by atoms with Crippen molar-refractivity contribution in [1.82, 2.24) is 14.8 Å². The minimum absolute atomic E-state index is 0.299. The maximum absolute atomic E-state index is 9.95. The van der Waals surface area contributed by atoms with Crippen molar-refractivity contribution in [2.75, 3.05) is 0 Å². The van der Waals surface area contributed by atoms with Crippen LogP contribution in [0.15, 0.2) is 6.33 Å². The standard InChI is InChI=1S/C12H23N3O/c1-5-10(4)6-11(16)7-12-13-8-14-15(12)9(2)3/h8-11,16H,5-7H2,1-4H3. The number of hydrogen-bond donors (Lipinski definition) is 1. The molecule has 0 aromatic carbocycles. The molecule has 2 unspecified atom stereocenters. The van der Waals surface area contributed by atoms with Crippen LogP contribution in [0.1, 0.15) is 52.4 Å². The smallest absolute Gasteiger partial charge is 0.138 e. The zero-order valence-electron chi connectivity index (χ0n) is 10.7. The van der Waals surface area contributed by atoms with Crippen molar-refractivity contribution >= 4 is 0 Å². The van der Waals surface area contributed by atoms with Crippen LogP contribution in [-0.2, 0) is 6.42 Å². The lowest BCUT2D eigenvalue weighted by atomic mass is 9.99. The molecule has 1 N–H and O–H groups in total. The summed E-state index contributed by atoms with van der Waals surface area (Å²) in [5.41, 5.74) is 0. The quantitative estimate of drug-likeness (QED) is 0.807. The molecule has 1 aromatic rings. The van der Waals surface area contributed by atoms with Crippen LogP contribution in [0.3, 0.4) is 0 Å². The van der Waals surface area contributed by atoms with E-state index in [2.05, 4.69) is 37.8 Å². The Labute approximate surface area is 97.7 Å². The van der Waals surface area contributed by atoms with Crippen molar-refractivity contribution in [2.45, 2.75) is 59.1 Å². The average Bonchev–Trinajstić information content (AvgIpc) is 2.65. The maximum atomic E-state index is 9.95. The van der Waals surface area contributed by atoms with Gasteiger partial charge in [0.2, 0.25) is 0 Å². The SMILES string of the molecule is CCC(C)CC(O)Cc1ncnn1C(C)C. The number of nitrogens with zero attached hydrogens (tertiary/aromatic N) is 3. The van der Waals surface area contributed by atoms with E-state index < -0.39 is 0 Å². The number of aliphatic hydroxyl groups excluding tert-OH is 1. The first kappa shape index (κ1) is 13.2. The summed E-state index contributed by atoms with van der Waals surface area (Å²) in [6.45, 7) is 8.45. The molecule has 92 valence electrons. The molecule has 1 aromatic heterocycles. The monoisotopic (exact) mass is 225 g/mol. The van der Waals surface area contributed by atoms with Gasteiger partial charge in [-0.3, -0.25) is 0 Å². The van der Waals surface area contributed by atoms with E-state index in [9.17, 15) is 5.11 Å². The van der Waals surface area contributed by atoms with E-state index in [1.807, 2.05) is 4.68 Å². The van der Waals surface area contributed by atoms with Crippen LogP contribution < -0.4 is 0 Å². The topological polar surface area (TPSA) is 50.9 Å². The van der Waals surface area contributed by atoms with Crippen LogP contribution in [0.2, 0.25) is 0 Å². The summed E-state index contributed by atoms with van der Waals surface area (Å²) < 4.78 is 1.87. The van der Waals surface area contributed by atoms with Crippen LogP contribution in [0, 0.1) is 5.92 Å².